The SMILES string of the molecule is CC(NC(=O)C12CC3CC(CC(C3)C1)C2)C1(c2ccc(Br)cc2)CC1. The molecule has 5 aliphatic carbocycles. The van der Waals surface area contributed by atoms with Crippen molar-refractivity contribution in [1.29, 1.82) is 0 Å². The van der Waals surface area contributed by atoms with Crippen LogP contribution in [0, 0.1) is 23.2 Å². The third-order valence-corrected chi connectivity index (χ3v) is 8.43. The molecule has 0 heterocycles. The number of hydrogen-bond acceptors (Lipinski definition) is 1. The van der Waals surface area contributed by atoms with Crippen molar-refractivity contribution in [1.82, 2.24) is 5.32 Å². The molecule has 1 N–H and O–H groups in total. The molecule has 1 aromatic carbocycles. The van der Waals surface area contributed by atoms with Crippen molar-refractivity contribution in [3.63, 3.8) is 0 Å². The summed E-state index contributed by atoms with van der Waals surface area (Å²) in [5.74, 6) is 2.86. The van der Waals surface area contributed by atoms with Crippen molar-refractivity contribution in [3.05, 3.63) is 34.3 Å². The summed E-state index contributed by atoms with van der Waals surface area (Å²) < 4.78 is 1.12. The summed E-state index contributed by atoms with van der Waals surface area (Å²) in [7, 11) is 0. The first kappa shape index (κ1) is 16.4. The number of carbonyl (C=O) groups excluding carboxylic acids is 1. The number of nitrogens with one attached hydrogen (secondary N) is 1. The smallest absolute Gasteiger partial charge is 0.226 e. The molecule has 0 aliphatic heterocycles. The summed E-state index contributed by atoms with van der Waals surface area (Å²) in [4.78, 5) is 13.3. The summed E-state index contributed by atoms with van der Waals surface area (Å²) in [5, 5.41) is 3.50. The van der Waals surface area contributed by atoms with E-state index in [-0.39, 0.29) is 16.9 Å². The van der Waals surface area contributed by atoms with Gasteiger partial charge in [-0.15, -0.1) is 0 Å². The number of halogens is 1. The lowest BCUT2D eigenvalue weighted by Gasteiger charge is -2.56. The normalized spacial score (nSPS) is 38.4. The van der Waals surface area contributed by atoms with E-state index in [0.29, 0.717) is 5.91 Å². The van der Waals surface area contributed by atoms with Gasteiger partial charge < -0.3 is 5.32 Å². The van der Waals surface area contributed by atoms with Crippen molar-refractivity contribution in [3.8, 4) is 0 Å². The average Bonchev–Trinajstić information content (AvgIpc) is 3.36. The largest absolute Gasteiger partial charge is 0.352 e. The van der Waals surface area contributed by atoms with Crippen LogP contribution in [-0.4, -0.2) is 11.9 Å². The Hall–Kier alpha value is -0.830. The molecule has 0 spiro atoms. The Kier molecular flexibility index (Phi) is 3.65. The molecule has 4 bridgehead atoms. The molecule has 0 radical (unpaired) electrons. The van der Waals surface area contributed by atoms with Crippen LogP contribution in [0.25, 0.3) is 0 Å². The molecule has 25 heavy (non-hydrogen) atoms. The third kappa shape index (κ3) is 2.60. The van der Waals surface area contributed by atoms with Crippen molar-refractivity contribution in [2.24, 2.45) is 23.2 Å². The maximum atomic E-state index is 13.3. The third-order valence-electron chi connectivity index (χ3n) is 7.90. The molecule has 1 atom stereocenters. The van der Waals surface area contributed by atoms with Gasteiger partial charge in [-0.3, -0.25) is 4.79 Å². The maximum absolute atomic E-state index is 13.3. The molecular weight excluding hydrogens is 374 g/mol. The molecule has 134 valence electrons. The van der Waals surface area contributed by atoms with Crippen LogP contribution in [0.2, 0.25) is 0 Å². The van der Waals surface area contributed by atoms with E-state index in [9.17, 15) is 4.79 Å². The summed E-state index contributed by atoms with van der Waals surface area (Å²) in [6, 6.07) is 8.94. The predicted molar refractivity (Wildman–Crippen MR) is 103 cm³/mol. The fraction of sp³-hybridized carbons (Fsp3) is 0.682. The van der Waals surface area contributed by atoms with Crippen LogP contribution in [0.4, 0.5) is 0 Å². The van der Waals surface area contributed by atoms with E-state index in [1.807, 2.05) is 0 Å². The molecule has 1 aromatic rings. The van der Waals surface area contributed by atoms with Crippen LogP contribution >= 0.6 is 15.9 Å². The average molecular weight is 402 g/mol. The molecule has 6 rings (SSSR count). The summed E-state index contributed by atoms with van der Waals surface area (Å²) in [6.07, 6.45) is 10.0. The van der Waals surface area contributed by atoms with Gasteiger partial charge in [0.15, 0.2) is 0 Å². The van der Waals surface area contributed by atoms with E-state index in [0.717, 1.165) is 41.5 Å². The Balaban J connectivity index is 1.33. The van der Waals surface area contributed by atoms with Gasteiger partial charge in [0.1, 0.15) is 0 Å². The number of rotatable bonds is 4. The van der Waals surface area contributed by atoms with E-state index < -0.39 is 0 Å². The molecule has 0 aromatic heterocycles. The molecule has 1 unspecified atom stereocenters. The molecule has 5 fully saturated rings. The minimum Gasteiger partial charge on any atom is -0.352 e. The van der Waals surface area contributed by atoms with E-state index in [2.05, 4.69) is 52.4 Å². The number of carbonyl (C=O) groups is 1. The fourth-order valence-electron chi connectivity index (χ4n) is 6.76. The van der Waals surface area contributed by atoms with Gasteiger partial charge >= 0.3 is 0 Å². The van der Waals surface area contributed by atoms with Crippen molar-refractivity contribution >= 4 is 21.8 Å². The first-order valence-electron chi connectivity index (χ1n) is 10.1. The monoisotopic (exact) mass is 401 g/mol. The van der Waals surface area contributed by atoms with Gasteiger partial charge in [0, 0.05) is 21.3 Å². The Morgan fingerprint density at radius 3 is 2.04 bits per heavy atom. The van der Waals surface area contributed by atoms with Gasteiger partial charge in [0.2, 0.25) is 5.91 Å². The van der Waals surface area contributed by atoms with E-state index >= 15 is 0 Å². The highest BCUT2D eigenvalue weighted by Gasteiger charge is 2.56. The molecular formula is C22H28BrNO. The molecule has 1 amide bonds. The number of amides is 1. The molecule has 3 heteroatoms. The highest BCUT2D eigenvalue weighted by atomic mass is 79.9. The van der Waals surface area contributed by atoms with Crippen molar-refractivity contribution < 1.29 is 4.79 Å². The van der Waals surface area contributed by atoms with Crippen LogP contribution < -0.4 is 5.32 Å². The Morgan fingerprint density at radius 1 is 1.04 bits per heavy atom. The number of benzene rings is 1. The van der Waals surface area contributed by atoms with Crippen LogP contribution in [0.3, 0.4) is 0 Å². The minimum atomic E-state index is -0.0290. The minimum absolute atomic E-state index is 0.0290. The lowest BCUT2D eigenvalue weighted by molar-refractivity contribution is -0.147. The zero-order valence-electron chi connectivity index (χ0n) is 15.1. The van der Waals surface area contributed by atoms with Gasteiger partial charge in [0.05, 0.1) is 0 Å². The number of hydrogen-bond donors (Lipinski definition) is 1. The first-order valence-corrected chi connectivity index (χ1v) is 10.9. The highest BCUT2D eigenvalue weighted by molar-refractivity contribution is 9.10. The van der Waals surface area contributed by atoms with Crippen molar-refractivity contribution in [2.45, 2.75) is 69.7 Å². The topological polar surface area (TPSA) is 29.1 Å². The standard InChI is InChI=1S/C22H28BrNO/c1-14(22(6-7-22)18-2-4-19(23)5-3-18)24-20(25)21-11-15-8-16(12-21)10-17(9-15)13-21/h2-5,14-17H,6-13H2,1H3,(H,24,25). The second-order valence-corrected chi connectivity index (χ2v) is 10.5. The van der Waals surface area contributed by atoms with Gasteiger partial charge in [-0.1, -0.05) is 28.1 Å². The summed E-state index contributed by atoms with van der Waals surface area (Å²) in [6.45, 7) is 2.23. The Labute approximate surface area is 159 Å². The van der Waals surface area contributed by atoms with Gasteiger partial charge in [0.25, 0.3) is 0 Å². The lowest BCUT2D eigenvalue weighted by Crippen LogP contribution is -2.56. The summed E-state index contributed by atoms with van der Waals surface area (Å²) in [5.41, 5.74) is 1.52. The lowest BCUT2D eigenvalue weighted by atomic mass is 9.49. The van der Waals surface area contributed by atoms with Crippen LogP contribution in [0.5, 0.6) is 0 Å². The van der Waals surface area contributed by atoms with Crippen LogP contribution in [0.1, 0.15) is 63.9 Å². The van der Waals surface area contributed by atoms with E-state index in [1.165, 1.54) is 37.7 Å². The van der Waals surface area contributed by atoms with Crippen LogP contribution in [-0.2, 0) is 10.2 Å². The van der Waals surface area contributed by atoms with Crippen LogP contribution in [0.15, 0.2) is 28.7 Å². The summed E-state index contributed by atoms with van der Waals surface area (Å²) >= 11 is 3.53. The quantitative estimate of drug-likeness (QED) is 0.737. The molecule has 5 aliphatic rings. The van der Waals surface area contributed by atoms with Gasteiger partial charge in [-0.05, 0) is 93.7 Å². The second kappa shape index (κ2) is 5.58. The van der Waals surface area contributed by atoms with E-state index in [1.54, 1.807) is 0 Å². The second-order valence-electron chi connectivity index (χ2n) is 9.56. The van der Waals surface area contributed by atoms with Gasteiger partial charge in [-0.25, -0.2) is 0 Å². The Morgan fingerprint density at radius 2 is 1.56 bits per heavy atom. The van der Waals surface area contributed by atoms with Gasteiger partial charge in [-0.2, -0.15) is 0 Å². The fourth-order valence-corrected chi connectivity index (χ4v) is 7.03. The highest BCUT2D eigenvalue weighted by Crippen LogP contribution is 2.60. The Bertz CT molecular complexity index is 655. The molecule has 5 saturated carbocycles. The first-order chi connectivity index (χ1) is 12.0. The predicted octanol–water partition coefficient (Wildman–Crippen LogP) is 5.20. The zero-order chi connectivity index (χ0) is 17.2. The van der Waals surface area contributed by atoms with Crippen molar-refractivity contribution in [2.75, 3.05) is 0 Å². The molecule has 2 nitrogen and oxygen atoms in total. The molecule has 0 saturated heterocycles. The van der Waals surface area contributed by atoms with E-state index in [4.69, 9.17) is 0 Å². The maximum Gasteiger partial charge on any atom is 0.226 e. The zero-order valence-corrected chi connectivity index (χ0v) is 16.6.